The zero-order valence-corrected chi connectivity index (χ0v) is 15.2. The van der Waals surface area contributed by atoms with Gasteiger partial charge in [0.2, 0.25) is 11.9 Å². The molecule has 0 fully saturated rings. The lowest BCUT2D eigenvalue weighted by molar-refractivity contribution is -0.121. The van der Waals surface area contributed by atoms with E-state index in [1.54, 1.807) is 0 Å². The molecule has 3 aromatic rings. The van der Waals surface area contributed by atoms with Crippen LogP contribution in [0.15, 0.2) is 30.5 Å². The number of benzene rings is 1. The molecule has 0 radical (unpaired) electrons. The SMILES string of the molecule is Cc1ccccc1-n1ncc([C@@H](C)NC(=O)CCc2nc(N)n[nH]2)c1C. The van der Waals surface area contributed by atoms with Crippen LogP contribution >= 0.6 is 0 Å². The third kappa shape index (κ3) is 3.74. The van der Waals surface area contributed by atoms with E-state index >= 15 is 0 Å². The molecule has 3 rings (SSSR count). The second-order valence-electron chi connectivity index (χ2n) is 6.31. The minimum Gasteiger partial charge on any atom is -0.367 e. The van der Waals surface area contributed by atoms with Crippen LogP contribution in [0.5, 0.6) is 0 Å². The Kier molecular flexibility index (Phi) is 5.01. The number of carbonyl (C=O) groups excluding carboxylic acids is 1. The molecule has 0 aliphatic carbocycles. The molecule has 26 heavy (non-hydrogen) atoms. The lowest BCUT2D eigenvalue weighted by Gasteiger charge is -2.14. The van der Waals surface area contributed by atoms with Gasteiger partial charge in [0.1, 0.15) is 5.82 Å². The number of nitrogens with zero attached hydrogens (tertiary/aromatic N) is 4. The van der Waals surface area contributed by atoms with E-state index in [-0.39, 0.29) is 17.9 Å². The largest absolute Gasteiger partial charge is 0.367 e. The highest BCUT2D eigenvalue weighted by Gasteiger charge is 2.17. The van der Waals surface area contributed by atoms with Gasteiger partial charge in [0.05, 0.1) is 17.9 Å². The molecule has 2 heterocycles. The van der Waals surface area contributed by atoms with Crippen molar-refractivity contribution in [2.75, 3.05) is 5.73 Å². The maximum Gasteiger partial charge on any atom is 0.239 e. The van der Waals surface area contributed by atoms with Crippen LogP contribution in [0.2, 0.25) is 0 Å². The molecule has 0 unspecified atom stereocenters. The van der Waals surface area contributed by atoms with E-state index in [0.717, 1.165) is 22.5 Å². The molecule has 0 spiro atoms. The van der Waals surface area contributed by atoms with E-state index in [1.165, 1.54) is 0 Å². The van der Waals surface area contributed by atoms with E-state index < -0.39 is 0 Å². The highest BCUT2D eigenvalue weighted by atomic mass is 16.1. The van der Waals surface area contributed by atoms with Gasteiger partial charge in [0.25, 0.3) is 0 Å². The van der Waals surface area contributed by atoms with Crippen LogP contribution in [0.25, 0.3) is 5.69 Å². The summed E-state index contributed by atoms with van der Waals surface area (Å²) in [5.74, 6) is 0.734. The molecular weight excluding hydrogens is 330 g/mol. The van der Waals surface area contributed by atoms with E-state index in [1.807, 2.05) is 42.9 Å². The molecular formula is C18H23N7O. The molecule has 0 saturated heterocycles. The van der Waals surface area contributed by atoms with Crippen molar-refractivity contribution in [1.82, 2.24) is 30.3 Å². The van der Waals surface area contributed by atoms with Crippen LogP contribution in [-0.4, -0.2) is 30.9 Å². The lowest BCUT2D eigenvalue weighted by atomic mass is 10.1. The number of nitrogen functional groups attached to an aromatic ring is 1. The Morgan fingerprint density at radius 3 is 2.81 bits per heavy atom. The van der Waals surface area contributed by atoms with Crippen molar-refractivity contribution in [2.45, 2.75) is 39.7 Å². The number of nitrogens with two attached hydrogens (primary N) is 1. The van der Waals surface area contributed by atoms with Crippen LogP contribution in [0, 0.1) is 13.8 Å². The minimum absolute atomic E-state index is 0.0597. The number of rotatable bonds is 6. The number of amides is 1. The van der Waals surface area contributed by atoms with Crippen LogP contribution in [0.3, 0.4) is 0 Å². The first-order valence-corrected chi connectivity index (χ1v) is 8.52. The first-order valence-electron chi connectivity index (χ1n) is 8.52. The van der Waals surface area contributed by atoms with Crippen molar-refractivity contribution in [2.24, 2.45) is 0 Å². The van der Waals surface area contributed by atoms with Crippen LogP contribution in [-0.2, 0) is 11.2 Å². The number of nitrogens with one attached hydrogen (secondary N) is 2. The maximum atomic E-state index is 12.2. The molecule has 0 aliphatic rings. The number of anilines is 1. The predicted molar refractivity (Wildman–Crippen MR) is 98.7 cm³/mol. The van der Waals surface area contributed by atoms with Gasteiger partial charge < -0.3 is 11.1 Å². The van der Waals surface area contributed by atoms with Gasteiger partial charge in [-0.2, -0.15) is 10.1 Å². The Bertz CT molecular complexity index is 912. The van der Waals surface area contributed by atoms with Gasteiger partial charge in [-0.1, -0.05) is 18.2 Å². The number of para-hydroxylation sites is 1. The Morgan fingerprint density at radius 1 is 1.35 bits per heavy atom. The third-order valence-corrected chi connectivity index (χ3v) is 4.37. The van der Waals surface area contributed by atoms with Gasteiger partial charge in [-0.3, -0.25) is 9.89 Å². The predicted octanol–water partition coefficient (Wildman–Crippen LogP) is 2.00. The summed E-state index contributed by atoms with van der Waals surface area (Å²) in [6, 6.07) is 7.94. The first kappa shape index (κ1) is 17.7. The zero-order chi connectivity index (χ0) is 18.7. The highest BCUT2D eigenvalue weighted by molar-refractivity contribution is 5.76. The maximum absolute atomic E-state index is 12.2. The fourth-order valence-electron chi connectivity index (χ4n) is 2.94. The average Bonchev–Trinajstić information content (AvgIpc) is 3.19. The second-order valence-corrected chi connectivity index (χ2v) is 6.31. The molecule has 2 aromatic heterocycles. The zero-order valence-electron chi connectivity index (χ0n) is 15.2. The van der Waals surface area contributed by atoms with Crippen LogP contribution < -0.4 is 11.1 Å². The number of aryl methyl sites for hydroxylation is 2. The molecule has 0 bridgehead atoms. The van der Waals surface area contributed by atoms with Gasteiger partial charge in [-0.05, 0) is 32.4 Å². The highest BCUT2D eigenvalue weighted by Crippen LogP contribution is 2.22. The lowest BCUT2D eigenvalue weighted by Crippen LogP contribution is -2.27. The second kappa shape index (κ2) is 7.38. The number of hydrogen-bond donors (Lipinski definition) is 3. The Morgan fingerprint density at radius 2 is 2.12 bits per heavy atom. The van der Waals surface area contributed by atoms with Crippen molar-refractivity contribution in [1.29, 1.82) is 0 Å². The molecule has 0 aliphatic heterocycles. The minimum atomic E-state index is -0.139. The summed E-state index contributed by atoms with van der Waals surface area (Å²) in [6.45, 7) is 6.02. The monoisotopic (exact) mass is 353 g/mol. The van der Waals surface area contributed by atoms with Crippen molar-refractivity contribution in [3.8, 4) is 5.69 Å². The van der Waals surface area contributed by atoms with E-state index in [2.05, 4.69) is 38.6 Å². The van der Waals surface area contributed by atoms with Crippen molar-refractivity contribution >= 4 is 11.9 Å². The third-order valence-electron chi connectivity index (χ3n) is 4.37. The first-order chi connectivity index (χ1) is 12.5. The summed E-state index contributed by atoms with van der Waals surface area (Å²) in [7, 11) is 0. The molecule has 4 N–H and O–H groups in total. The number of hydrogen-bond acceptors (Lipinski definition) is 5. The molecule has 1 atom stereocenters. The fourth-order valence-corrected chi connectivity index (χ4v) is 2.94. The quantitative estimate of drug-likeness (QED) is 0.627. The molecule has 1 amide bonds. The van der Waals surface area contributed by atoms with Crippen molar-refractivity contribution in [3.05, 3.63) is 53.1 Å². The summed E-state index contributed by atoms with van der Waals surface area (Å²) < 4.78 is 1.91. The Labute approximate surface area is 151 Å². The topological polar surface area (TPSA) is 115 Å². The van der Waals surface area contributed by atoms with E-state index in [0.29, 0.717) is 18.7 Å². The molecule has 136 valence electrons. The molecule has 0 saturated carbocycles. The normalized spacial score (nSPS) is 12.1. The summed E-state index contributed by atoms with van der Waals surface area (Å²) in [6.07, 6.45) is 2.58. The standard InChI is InChI=1S/C18H23N7O/c1-11-6-4-5-7-15(11)25-13(3)14(10-20-25)12(2)21-17(26)9-8-16-22-18(19)24-23-16/h4-7,10,12H,8-9H2,1-3H3,(H,21,26)(H3,19,22,23,24)/t12-/m1/s1. The summed E-state index contributed by atoms with van der Waals surface area (Å²) in [4.78, 5) is 16.2. The average molecular weight is 353 g/mol. The molecule has 8 nitrogen and oxygen atoms in total. The van der Waals surface area contributed by atoms with Crippen LogP contribution in [0.1, 0.15) is 42.0 Å². The van der Waals surface area contributed by atoms with Gasteiger partial charge in [0.15, 0.2) is 0 Å². The van der Waals surface area contributed by atoms with E-state index in [9.17, 15) is 4.79 Å². The summed E-state index contributed by atoms with van der Waals surface area (Å²) in [5, 5.41) is 14.0. The van der Waals surface area contributed by atoms with Gasteiger partial charge in [0, 0.05) is 24.1 Å². The van der Waals surface area contributed by atoms with Gasteiger partial charge >= 0.3 is 0 Å². The van der Waals surface area contributed by atoms with Crippen LogP contribution in [0.4, 0.5) is 5.95 Å². The number of H-pyrrole nitrogens is 1. The number of aromatic amines is 1. The molecule has 8 heteroatoms. The van der Waals surface area contributed by atoms with Crippen molar-refractivity contribution < 1.29 is 4.79 Å². The number of aromatic nitrogens is 5. The Balaban J connectivity index is 1.65. The Hall–Kier alpha value is -3.16. The fraction of sp³-hybridized carbons (Fsp3) is 0.333. The summed E-state index contributed by atoms with van der Waals surface area (Å²) >= 11 is 0. The number of carbonyl (C=O) groups is 1. The summed E-state index contributed by atoms with van der Waals surface area (Å²) in [5.41, 5.74) is 9.64. The van der Waals surface area contributed by atoms with Gasteiger partial charge in [-0.25, -0.2) is 4.68 Å². The van der Waals surface area contributed by atoms with Gasteiger partial charge in [-0.15, -0.1) is 5.10 Å². The van der Waals surface area contributed by atoms with E-state index in [4.69, 9.17) is 5.73 Å². The van der Waals surface area contributed by atoms with Crippen molar-refractivity contribution in [3.63, 3.8) is 0 Å². The smallest absolute Gasteiger partial charge is 0.239 e. The molecule has 1 aromatic carbocycles.